The number of nitrogens with one attached hydrogen (secondary N) is 1. The molecule has 1 aromatic heterocycles. The standard InChI is InChI=1S/C6H8N2O2.CHNO/c1-9-5-3-6(10-2)8-4-7-5;2-1-3/h3-4H,1-2H3;2H. The lowest BCUT2D eigenvalue weighted by Crippen LogP contribution is -1.91. The minimum Gasteiger partial charge on any atom is -0.481 e. The number of isocyanates is 1. The fraction of sp³-hybridized carbons (Fsp3) is 0.286. The molecular weight excluding hydrogens is 174 g/mol. The highest BCUT2D eigenvalue weighted by Crippen LogP contribution is 2.10. The summed E-state index contributed by atoms with van der Waals surface area (Å²) in [5.41, 5.74) is 0. The Morgan fingerprint density at radius 1 is 1.31 bits per heavy atom. The maximum Gasteiger partial charge on any atom is 0.231 e. The number of rotatable bonds is 2. The van der Waals surface area contributed by atoms with Crippen molar-refractivity contribution in [1.82, 2.24) is 9.97 Å². The van der Waals surface area contributed by atoms with Gasteiger partial charge in [0, 0.05) is 0 Å². The van der Waals surface area contributed by atoms with E-state index in [1.54, 1.807) is 20.3 Å². The van der Waals surface area contributed by atoms with Crippen LogP contribution in [0, 0.1) is 5.41 Å². The summed E-state index contributed by atoms with van der Waals surface area (Å²) >= 11 is 0. The third-order valence-corrected chi connectivity index (χ3v) is 1.04. The molecule has 0 fully saturated rings. The molecule has 1 aromatic rings. The number of nitrogens with zero attached hydrogens (tertiary/aromatic N) is 2. The third kappa shape index (κ3) is 4.49. The Morgan fingerprint density at radius 2 is 1.69 bits per heavy atom. The van der Waals surface area contributed by atoms with E-state index in [9.17, 15) is 0 Å². The zero-order valence-electron chi connectivity index (χ0n) is 7.27. The van der Waals surface area contributed by atoms with Crippen molar-refractivity contribution in [2.75, 3.05) is 14.2 Å². The lowest BCUT2D eigenvalue weighted by molar-refractivity contribution is 0.371. The second-order valence-electron chi connectivity index (χ2n) is 1.70. The van der Waals surface area contributed by atoms with E-state index in [0.717, 1.165) is 6.08 Å². The van der Waals surface area contributed by atoms with Crippen LogP contribution < -0.4 is 9.47 Å². The topological polar surface area (TPSA) is 85.2 Å². The van der Waals surface area contributed by atoms with E-state index in [4.69, 9.17) is 19.7 Å². The molecule has 0 radical (unpaired) electrons. The second-order valence-corrected chi connectivity index (χ2v) is 1.70. The van der Waals surface area contributed by atoms with Crippen molar-refractivity contribution in [1.29, 1.82) is 5.41 Å². The summed E-state index contributed by atoms with van der Waals surface area (Å²) in [5.74, 6) is 1.01. The quantitative estimate of drug-likeness (QED) is 0.529. The SMILES string of the molecule is COc1cc(OC)ncn1.N=C=O. The van der Waals surface area contributed by atoms with Gasteiger partial charge in [-0.25, -0.2) is 20.2 Å². The zero-order valence-corrected chi connectivity index (χ0v) is 7.27. The summed E-state index contributed by atoms with van der Waals surface area (Å²) < 4.78 is 9.65. The Balaban J connectivity index is 0.000000424. The van der Waals surface area contributed by atoms with Crippen molar-refractivity contribution in [2.45, 2.75) is 0 Å². The van der Waals surface area contributed by atoms with Gasteiger partial charge < -0.3 is 9.47 Å². The predicted molar refractivity (Wildman–Crippen MR) is 43.5 cm³/mol. The van der Waals surface area contributed by atoms with Crippen molar-refractivity contribution >= 4 is 6.08 Å². The minimum atomic E-state index is 0.506. The molecule has 0 saturated carbocycles. The number of carbonyl (C=O) groups excluding carboxylic acids is 1. The molecule has 0 aliphatic carbocycles. The van der Waals surface area contributed by atoms with Crippen LogP contribution >= 0.6 is 0 Å². The monoisotopic (exact) mass is 183 g/mol. The molecule has 1 heterocycles. The molecule has 6 heteroatoms. The molecular formula is C7H9N3O3. The number of hydrogen-bond donors (Lipinski definition) is 1. The molecule has 1 rings (SSSR count). The molecule has 0 aliphatic rings. The molecule has 0 amide bonds. The number of aromatic nitrogens is 2. The van der Waals surface area contributed by atoms with Crippen LogP contribution in [0.4, 0.5) is 0 Å². The first-order valence-corrected chi connectivity index (χ1v) is 3.22. The van der Waals surface area contributed by atoms with Gasteiger partial charge in [0.15, 0.2) is 0 Å². The highest BCUT2D eigenvalue weighted by molar-refractivity contribution is 5.26. The lowest BCUT2D eigenvalue weighted by Gasteiger charge is -1.99. The van der Waals surface area contributed by atoms with E-state index in [2.05, 4.69) is 9.97 Å². The Hall–Kier alpha value is -1.94. The summed E-state index contributed by atoms with van der Waals surface area (Å²) in [6.07, 6.45) is 2.14. The maximum absolute atomic E-state index is 8.35. The molecule has 0 saturated heterocycles. The van der Waals surface area contributed by atoms with Crippen LogP contribution in [0.15, 0.2) is 12.4 Å². The van der Waals surface area contributed by atoms with Crippen molar-refractivity contribution in [3.8, 4) is 11.8 Å². The average Bonchev–Trinajstić information content (AvgIpc) is 2.19. The van der Waals surface area contributed by atoms with Crippen molar-refractivity contribution < 1.29 is 14.3 Å². The van der Waals surface area contributed by atoms with Crippen molar-refractivity contribution in [3.63, 3.8) is 0 Å². The zero-order chi connectivity index (χ0) is 10.1. The van der Waals surface area contributed by atoms with Gasteiger partial charge in [0.05, 0.1) is 20.3 Å². The summed E-state index contributed by atoms with van der Waals surface area (Å²) in [4.78, 5) is 15.9. The molecule has 0 bridgehead atoms. The predicted octanol–water partition coefficient (Wildman–Crippen LogP) is 0.395. The number of ether oxygens (including phenoxy) is 2. The Bertz CT molecular complexity index is 265. The van der Waals surface area contributed by atoms with Crippen LogP contribution in [0.2, 0.25) is 0 Å². The smallest absolute Gasteiger partial charge is 0.231 e. The molecule has 70 valence electrons. The van der Waals surface area contributed by atoms with Crippen molar-refractivity contribution in [2.24, 2.45) is 0 Å². The van der Waals surface area contributed by atoms with Gasteiger partial charge in [-0.05, 0) is 0 Å². The first kappa shape index (κ1) is 11.1. The normalized spacial score (nSPS) is 7.54. The molecule has 13 heavy (non-hydrogen) atoms. The largest absolute Gasteiger partial charge is 0.481 e. The van der Waals surface area contributed by atoms with Gasteiger partial charge in [-0.2, -0.15) is 0 Å². The molecule has 0 spiro atoms. The van der Waals surface area contributed by atoms with Crippen LogP contribution in [0.3, 0.4) is 0 Å². The van der Waals surface area contributed by atoms with Gasteiger partial charge in [0.25, 0.3) is 0 Å². The van der Waals surface area contributed by atoms with Gasteiger partial charge in [-0.3, -0.25) is 0 Å². The van der Waals surface area contributed by atoms with Crippen LogP contribution in [-0.4, -0.2) is 30.3 Å². The van der Waals surface area contributed by atoms with Gasteiger partial charge in [0.2, 0.25) is 17.8 Å². The second kappa shape index (κ2) is 6.75. The highest BCUT2D eigenvalue weighted by atomic mass is 16.5. The van der Waals surface area contributed by atoms with E-state index in [0.29, 0.717) is 11.8 Å². The highest BCUT2D eigenvalue weighted by Gasteiger charge is 1.94. The first-order valence-electron chi connectivity index (χ1n) is 3.22. The Kier molecular flexibility index (Phi) is 5.74. The molecule has 0 unspecified atom stereocenters. The molecule has 0 aliphatic heterocycles. The third-order valence-electron chi connectivity index (χ3n) is 1.04. The number of methoxy groups -OCH3 is 2. The summed E-state index contributed by atoms with van der Waals surface area (Å²) in [6, 6.07) is 1.61. The molecule has 1 N–H and O–H groups in total. The van der Waals surface area contributed by atoms with E-state index < -0.39 is 0 Å². The molecule has 0 aromatic carbocycles. The lowest BCUT2D eigenvalue weighted by atomic mass is 10.6. The first-order chi connectivity index (χ1) is 6.28. The fourth-order valence-corrected chi connectivity index (χ4v) is 0.546. The van der Waals surface area contributed by atoms with Crippen LogP contribution in [0.5, 0.6) is 11.8 Å². The van der Waals surface area contributed by atoms with Gasteiger partial charge in [-0.1, -0.05) is 0 Å². The van der Waals surface area contributed by atoms with Gasteiger partial charge in [0.1, 0.15) is 6.33 Å². The van der Waals surface area contributed by atoms with E-state index in [1.165, 1.54) is 6.33 Å². The van der Waals surface area contributed by atoms with Crippen LogP contribution in [0.25, 0.3) is 0 Å². The Labute approximate surface area is 75.0 Å². The van der Waals surface area contributed by atoms with Crippen LogP contribution in [0.1, 0.15) is 0 Å². The van der Waals surface area contributed by atoms with E-state index in [1.807, 2.05) is 0 Å². The van der Waals surface area contributed by atoms with E-state index >= 15 is 0 Å². The summed E-state index contributed by atoms with van der Waals surface area (Å²) in [5, 5.41) is 5.40. The Morgan fingerprint density at radius 3 is 2.00 bits per heavy atom. The minimum absolute atomic E-state index is 0.506. The fourth-order valence-electron chi connectivity index (χ4n) is 0.546. The van der Waals surface area contributed by atoms with E-state index in [-0.39, 0.29) is 0 Å². The van der Waals surface area contributed by atoms with Crippen LogP contribution in [-0.2, 0) is 4.79 Å². The molecule has 6 nitrogen and oxygen atoms in total. The number of hydrogen-bond acceptors (Lipinski definition) is 6. The van der Waals surface area contributed by atoms with Crippen molar-refractivity contribution in [3.05, 3.63) is 12.4 Å². The maximum atomic E-state index is 8.35. The van der Waals surface area contributed by atoms with Gasteiger partial charge in [-0.15, -0.1) is 0 Å². The van der Waals surface area contributed by atoms with Gasteiger partial charge >= 0.3 is 0 Å². The average molecular weight is 183 g/mol. The molecule has 0 atom stereocenters. The summed E-state index contributed by atoms with van der Waals surface area (Å²) in [7, 11) is 3.09. The summed E-state index contributed by atoms with van der Waals surface area (Å²) in [6.45, 7) is 0.